The Morgan fingerprint density at radius 2 is 2.05 bits per heavy atom. The summed E-state index contributed by atoms with van der Waals surface area (Å²) >= 11 is 0. The van der Waals surface area contributed by atoms with Crippen molar-refractivity contribution in [3.8, 4) is 0 Å². The van der Waals surface area contributed by atoms with Gasteiger partial charge in [0.25, 0.3) is 0 Å². The molecule has 1 fully saturated rings. The Hall–Kier alpha value is -0.820. The molecule has 0 heterocycles. The molecule has 2 atom stereocenters. The van der Waals surface area contributed by atoms with Crippen molar-refractivity contribution in [1.29, 1.82) is 0 Å². The van der Waals surface area contributed by atoms with Crippen LogP contribution in [0.5, 0.6) is 0 Å². The van der Waals surface area contributed by atoms with Gasteiger partial charge in [-0.1, -0.05) is 0 Å². The van der Waals surface area contributed by atoms with E-state index in [2.05, 4.69) is 5.32 Å². The third-order valence-electron chi connectivity index (χ3n) is 3.29. The summed E-state index contributed by atoms with van der Waals surface area (Å²) in [5.41, 5.74) is 0. The maximum Gasteiger partial charge on any atom is 0.411 e. The second kappa shape index (κ2) is 8.46. The minimum absolute atomic E-state index is 0.0596. The number of halogens is 3. The van der Waals surface area contributed by atoms with Crippen molar-refractivity contribution >= 4 is 5.91 Å². The van der Waals surface area contributed by atoms with Crippen LogP contribution in [0.4, 0.5) is 13.2 Å². The molecule has 7 heteroatoms. The van der Waals surface area contributed by atoms with Crippen LogP contribution in [0.25, 0.3) is 0 Å². The smallest absolute Gasteiger partial charge is 0.396 e. The summed E-state index contributed by atoms with van der Waals surface area (Å²) in [6, 6.07) is -0.108. The van der Waals surface area contributed by atoms with E-state index in [1.54, 1.807) is 0 Å². The lowest BCUT2D eigenvalue weighted by atomic mass is 9.92. The first-order valence-electron chi connectivity index (χ1n) is 6.99. The van der Waals surface area contributed by atoms with Crippen LogP contribution in [0, 0.1) is 0 Å². The third kappa shape index (κ3) is 7.69. The number of nitrogens with one attached hydrogen (secondary N) is 1. The highest BCUT2D eigenvalue weighted by atomic mass is 19.4. The molecule has 0 aromatic rings. The van der Waals surface area contributed by atoms with Crippen molar-refractivity contribution in [2.45, 2.75) is 63.3 Å². The normalized spacial score (nSPS) is 23.6. The Balaban J connectivity index is 2.24. The van der Waals surface area contributed by atoms with Crippen LogP contribution in [0.2, 0.25) is 0 Å². The molecule has 0 bridgehead atoms. The molecule has 4 nitrogen and oxygen atoms in total. The third-order valence-corrected chi connectivity index (χ3v) is 3.29. The quantitative estimate of drug-likeness (QED) is 0.708. The van der Waals surface area contributed by atoms with Crippen LogP contribution in [-0.4, -0.2) is 42.5 Å². The first-order chi connectivity index (χ1) is 9.40. The number of aliphatic hydroxyl groups is 1. The number of hydrogen-bond donors (Lipinski definition) is 2. The van der Waals surface area contributed by atoms with E-state index in [1.807, 2.05) is 0 Å². The predicted octanol–water partition coefficient (Wildman–Crippen LogP) is 2.16. The first kappa shape index (κ1) is 17.2. The molecule has 2 unspecified atom stereocenters. The molecule has 118 valence electrons. The largest absolute Gasteiger partial charge is 0.411 e. The second-order valence-corrected chi connectivity index (χ2v) is 5.16. The van der Waals surface area contributed by atoms with Gasteiger partial charge in [0, 0.05) is 19.1 Å². The molecular weight excluding hydrogens is 275 g/mol. The highest BCUT2D eigenvalue weighted by molar-refractivity contribution is 5.76. The topological polar surface area (TPSA) is 58.6 Å². The fourth-order valence-electron chi connectivity index (χ4n) is 2.34. The summed E-state index contributed by atoms with van der Waals surface area (Å²) in [7, 11) is 0. The van der Waals surface area contributed by atoms with Crippen molar-refractivity contribution in [2.75, 3.05) is 13.2 Å². The Kier molecular flexibility index (Phi) is 7.29. The van der Waals surface area contributed by atoms with Crippen LogP contribution in [0.15, 0.2) is 0 Å². The molecule has 0 spiro atoms. The Morgan fingerprint density at radius 3 is 2.70 bits per heavy atom. The van der Waals surface area contributed by atoms with Gasteiger partial charge in [0.2, 0.25) is 5.91 Å². The van der Waals surface area contributed by atoms with Crippen molar-refractivity contribution in [3.63, 3.8) is 0 Å². The van der Waals surface area contributed by atoms with Crippen LogP contribution >= 0.6 is 0 Å². The standard InChI is InChI=1S/C13H22F3NO3/c14-13(15,16)9-20-11-5-3-4-10(8-11)17-12(19)6-1-2-7-18/h10-11,18H,1-9H2,(H,17,19). The Bertz CT molecular complexity index is 297. The van der Waals surface area contributed by atoms with Gasteiger partial charge in [0.15, 0.2) is 0 Å². The highest BCUT2D eigenvalue weighted by Gasteiger charge is 2.31. The van der Waals surface area contributed by atoms with Crippen molar-refractivity contribution in [1.82, 2.24) is 5.32 Å². The van der Waals surface area contributed by atoms with Gasteiger partial charge in [-0.05, 0) is 38.5 Å². The van der Waals surface area contributed by atoms with E-state index in [9.17, 15) is 18.0 Å². The monoisotopic (exact) mass is 297 g/mol. The van der Waals surface area contributed by atoms with Gasteiger partial charge in [-0.3, -0.25) is 4.79 Å². The maximum absolute atomic E-state index is 12.1. The summed E-state index contributed by atoms with van der Waals surface area (Å²) in [4.78, 5) is 11.6. The minimum Gasteiger partial charge on any atom is -0.396 e. The van der Waals surface area contributed by atoms with Crippen molar-refractivity contribution in [2.24, 2.45) is 0 Å². The zero-order chi connectivity index (χ0) is 15.0. The van der Waals surface area contributed by atoms with Crippen molar-refractivity contribution < 1.29 is 27.8 Å². The molecule has 0 saturated heterocycles. The van der Waals surface area contributed by atoms with E-state index in [-0.39, 0.29) is 18.6 Å². The summed E-state index contributed by atoms with van der Waals surface area (Å²) < 4.78 is 41.1. The van der Waals surface area contributed by atoms with E-state index in [0.717, 1.165) is 12.8 Å². The maximum atomic E-state index is 12.1. The lowest BCUT2D eigenvalue weighted by molar-refractivity contribution is -0.188. The van der Waals surface area contributed by atoms with Gasteiger partial charge in [-0.15, -0.1) is 0 Å². The van der Waals surface area contributed by atoms with Gasteiger partial charge in [0.1, 0.15) is 6.61 Å². The molecule has 20 heavy (non-hydrogen) atoms. The zero-order valence-corrected chi connectivity index (χ0v) is 11.4. The first-order valence-corrected chi connectivity index (χ1v) is 6.99. The molecule has 0 aromatic carbocycles. The number of hydrogen-bond acceptors (Lipinski definition) is 3. The van der Waals surface area contributed by atoms with Gasteiger partial charge in [-0.25, -0.2) is 0 Å². The number of amides is 1. The second-order valence-electron chi connectivity index (χ2n) is 5.16. The highest BCUT2D eigenvalue weighted by Crippen LogP contribution is 2.24. The van der Waals surface area contributed by atoms with Crippen LogP contribution in [0.3, 0.4) is 0 Å². The number of aliphatic hydroxyl groups excluding tert-OH is 1. The summed E-state index contributed by atoms with van der Waals surface area (Å²) in [6.45, 7) is -1.17. The SMILES string of the molecule is O=C(CCCCO)NC1CCCC(OCC(F)(F)F)C1. The number of carbonyl (C=O) groups is 1. The molecule has 0 aromatic heterocycles. The number of rotatable bonds is 7. The van der Waals surface area contributed by atoms with Gasteiger partial charge in [-0.2, -0.15) is 13.2 Å². The van der Waals surface area contributed by atoms with E-state index in [4.69, 9.17) is 9.84 Å². The minimum atomic E-state index is -4.31. The molecule has 1 amide bonds. The van der Waals surface area contributed by atoms with Gasteiger partial charge < -0.3 is 15.2 Å². The van der Waals surface area contributed by atoms with E-state index >= 15 is 0 Å². The fourth-order valence-corrected chi connectivity index (χ4v) is 2.34. The molecule has 1 aliphatic carbocycles. The van der Waals surface area contributed by atoms with E-state index < -0.39 is 18.9 Å². The average molecular weight is 297 g/mol. The zero-order valence-electron chi connectivity index (χ0n) is 11.4. The molecule has 1 aliphatic rings. The van der Waals surface area contributed by atoms with Gasteiger partial charge in [0.05, 0.1) is 6.10 Å². The van der Waals surface area contributed by atoms with Crippen LogP contribution in [-0.2, 0) is 9.53 Å². The molecule has 0 radical (unpaired) electrons. The summed E-state index contributed by atoms with van der Waals surface area (Å²) in [6.07, 6.45) is -0.645. The molecule has 0 aliphatic heterocycles. The van der Waals surface area contributed by atoms with Crippen LogP contribution < -0.4 is 5.32 Å². The Labute approximate surface area is 116 Å². The molecule has 1 rings (SSSR count). The van der Waals surface area contributed by atoms with E-state index in [1.165, 1.54) is 0 Å². The lowest BCUT2D eigenvalue weighted by Gasteiger charge is -2.30. The lowest BCUT2D eigenvalue weighted by Crippen LogP contribution is -2.41. The fraction of sp³-hybridized carbons (Fsp3) is 0.923. The molecular formula is C13H22F3NO3. The van der Waals surface area contributed by atoms with Crippen LogP contribution in [0.1, 0.15) is 44.9 Å². The molecule has 2 N–H and O–H groups in total. The predicted molar refractivity (Wildman–Crippen MR) is 67.1 cm³/mol. The van der Waals surface area contributed by atoms with Crippen molar-refractivity contribution in [3.05, 3.63) is 0 Å². The van der Waals surface area contributed by atoms with Gasteiger partial charge >= 0.3 is 6.18 Å². The molecule has 1 saturated carbocycles. The Morgan fingerprint density at radius 1 is 1.30 bits per heavy atom. The number of ether oxygens (including phenoxy) is 1. The average Bonchev–Trinajstić information content (AvgIpc) is 2.36. The summed E-state index contributed by atoms with van der Waals surface area (Å²) in [5, 5.41) is 11.4. The summed E-state index contributed by atoms with van der Waals surface area (Å²) in [5.74, 6) is -0.111. The number of carbonyl (C=O) groups excluding carboxylic acids is 1. The number of unbranched alkanes of at least 4 members (excludes halogenated alkanes) is 1. The number of alkyl halides is 3. The van der Waals surface area contributed by atoms with E-state index in [0.29, 0.717) is 32.1 Å².